The van der Waals surface area contributed by atoms with Gasteiger partial charge in [-0.15, -0.1) is 0 Å². The van der Waals surface area contributed by atoms with Gasteiger partial charge in [-0.1, -0.05) is 6.42 Å². The summed E-state index contributed by atoms with van der Waals surface area (Å²) in [6.45, 7) is 7.87. The van der Waals surface area contributed by atoms with Crippen LogP contribution in [0.2, 0.25) is 0 Å². The lowest BCUT2D eigenvalue weighted by molar-refractivity contribution is -0.0918. The predicted octanol–water partition coefficient (Wildman–Crippen LogP) is 1.05. The van der Waals surface area contributed by atoms with E-state index in [1.165, 1.54) is 58.3 Å². The minimum absolute atomic E-state index is 0.407. The molecule has 0 aromatic carbocycles. The van der Waals surface area contributed by atoms with Gasteiger partial charge in [0.15, 0.2) is 0 Å². The molecule has 0 radical (unpaired) electrons. The molecule has 3 fully saturated rings. The summed E-state index contributed by atoms with van der Waals surface area (Å²) >= 11 is 0. The molecule has 4 nitrogen and oxygen atoms in total. The molecule has 0 aromatic rings. The van der Waals surface area contributed by atoms with E-state index in [9.17, 15) is 5.11 Å². The summed E-state index contributed by atoms with van der Waals surface area (Å²) in [5.41, 5.74) is -0.482. The number of nitrogens with zero attached hydrogens (tertiary/aromatic N) is 2. The maximum Gasteiger partial charge on any atom is 0.0926 e. The van der Waals surface area contributed by atoms with Crippen LogP contribution in [0.15, 0.2) is 0 Å². The van der Waals surface area contributed by atoms with E-state index >= 15 is 0 Å². The molecule has 0 amide bonds. The van der Waals surface area contributed by atoms with Gasteiger partial charge >= 0.3 is 0 Å². The Kier molecular flexibility index (Phi) is 4.97. The average molecular weight is 281 g/mol. The van der Waals surface area contributed by atoms with Crippen molar-refractivity contribution in [1.82, 2.24) is 15.1 Å². The van der Waals surface area contributed by atoms with E-state index < -0.39 is 5.60 Å². The standard InChI is InChI=1S/C16H31N3O/c20-16(14-17-8-13-18-9-3-4-10-18)7-5-12-19-11-2-1-6-15(16)19/h15,17,20H,1-14H2/t15-,16-/m1/s1. The molecule has 0 aromatic heterocycles. The van der Waals surface area contributed by atoms with Gasteiger partial charge in [-0.3, -0.25) is 4.90 Å². The summed E-state index contributed by atoms with van der Waals surface area (Å²) in [5.74, 6) is 0. The molecule has 0 saturated carbocycles. The van der Waals surface area contributed by atoms with E-state index in [-0.39, 0.29) is 0 Å². The Morgan fingerprint density at radius 3 is 2.60 bits per heavy atom. The monoisotopic (exact) mass is 281 g/mol. The first-order valence-electron chi connectivity index (χ1n) is 8.67. The Balaban J connectivity index is 1.44. The summed E-state index contributed by atoms with van der Waals surface area (Å²) in [5, 5.41) is 14.6. The van der Waals surface area contributed by atoms with Crippen molar-refractivity contribution in [2.75, 3.05) is 45.8 Å². The molecular formula is C16H31N3O. The fourth-order valence-corrected chi connectivity index (χ4v) is 4.38. The zero-order valence-corrected chi connectivity index (χ0v) is 12.8. The number of likely N-dealkylation sites (tertiary alicyclic amines) is 1. The first-order chi connectivity index (χ1) is 9.78. The van der Waals surface area contributed by atoms with Crippen molar-refractivity contribution in [1.29, 1.82) is 0 Å². The number of hydrogen-bond acceptors (Lipinski definition) is 4. The number of fused-ring (bicyclic) bond motifs is 1. The van der Waals surface area contributed by atoms with E-state index in [4.69, 9.17) is 0 Å². The molecule has 0 bridgehead atoms. The molecule has 3 heterocycles. The fraction of sp³-hybridized carbons (Fsp3) is 1.00. The molecule has 0 aliphatic carbocycles. The molecule has 3 rings (SSSR count). The quantitative estimate of drug-likeness (QED) is 0.739. The van der Waals surface area contributed by atoms with E-state index in [0.717, 1.165) is 32.5 Å². The summed E-state index contributed by atoms with van der Waals surface area (Å²) < 4.78 is 0. The topological polar surface area (TPSA) is 38.7 Å². The zero-order valence-electron chi connectivity index (χ0n) is 12.8. The minimum atomic E-state index is -0.482. The van der Waals surface area contributed by atoms with Gasteiger partial charge in [0.05, 0.1) is 5.60 Å². The molecular weight excluding hydrogens is 250 g/mol. The first kappa shape index (κ1) is 14.8. The maximum atomic E-state index is 11.0. The first-order valence-corrected chi connectivity index (χ1v) is 8.67. The number of rotatable bonds is 5. The van der Waals surface area contributed by atoms with Crippen molar-refractivity contribution in [2.24, 2.45) is 0 Å². The van der Waals surface area contributed by atoms with Crippen LogP contribution < -0.4 is 5.32 Å². The van der Waals surface area contributed by atoms with E-state index in [2.05, 4.69) is 15.1 Å². The summed E-state index contributed by atoms with van der Waals surface area (Å²) in [4.78, 5) is 5.07. The molecule has 3 saturated heterocycles. The Morgan fingerprint density at radius 2 is 1.75 bits per heavy atom. The summed E-state index contributed by atoms with van der Waals surface area (Å²) in [6, 6.07) is 0.407. The molecule has 2 N–H and O–H groups in total. The second kappa shape index (κ2) is 6.73. The lowest BCUT2D eigenvalue weighted by Crippen LogP contribution is -2.62. The van der Waals surface area contributed by atoms with Crippen LogP contribution in [0.5, 0.6) is 0 Å². The average Bonchev–Trinajstić information content (AvgIpc) is 2.98. The Morgan fingerprint density at radius 1 is 1.00 bits per heavy atom. The number of aliphatic hydroxyl groups is 1. The third-order valence-corrected chi connectivity index (χ3v) is 5.52. The molecule has 2 atom stereocenters. The predicted molar refractivity (Wildman–Crippen MR) is 81.9 cm³/mol. The highest BCUT2D eigenvalue weighted by Crippen LogP contribution is 2.33. The third-order valence-electron chi connectivity index (χ3n) is 5.52. The van der Waals surface area contributed by atoms with Crippen LogP contribution in [-0.4, -0.2) is 72.4 Å². The highest BCUT2D eigenvalue weighted by atomic mass is 16.3. The molecule has 116 valence electrons. The number of nitrogens with one attached hydrogen (secondary N) is 1. The van der Waals surface area contributed by atoms with Crippen LogP contribution in [0.25, 0.3) is 0 Å². The van der Waals surface area contributed by atoms with Crippen LogP contribution in [0.3, 0.4) is 0 Å². The molecule has 4 heteroatoms. The van der Waals surface area contributed by atoms with Crippen LogP contribution in [0.4, 0.5) is 0 Å². The molecule has 20 heavy (non-hydrogen) atoms. The molecule has 0 unspecified atom stereocenters. The van der Waals surface area contributed by atoms with Gasteiger partial charge in [-0.25, -0.2) is 0 Å². The third kappa shape index (κ3) is 3.35. The van der Waals surface area contributed by atoms with Gasteiger partial charge < -0.3 is 15.3 Å². The molecule has 3 aliphatic rings. The van der Waals surface area contributed by atoms with Crippen LogP contribution in [-0.2, 0) is 0 Å². The van der Waals surface area contributed by atoms with Gasteiger partial charge in [-0.2, -0.15) is 0 Å². The fourth-order valence-electron chi connectivity index (χ4n) is 4.38. The Bertz CT molecular complexity index is 304. The van der Waals surface area contributed by atoms with Gasteiger partial charge in [0.25, 0.3) is 0 Å². The van der Waals surface area contributed by atoms with E-state index in [1.807, 2.05) is 0 Å². The minimum Gasteiger partial charge on any atom is -0.387 e. The zero-order chi connectivity index (χ0) is 13.8. The van der Waals surface area contributed by atoms with Crippen LogP contribution >= 0.6 is 0 Å². The SMILES string of the molecule is O[C@@]1(CNCCN2CCCC2)CCCN2CCCC[C@@H]21. The summed E-state index contributed by atoms with van der Waals surface area (Å²) in [7, 11) is 0. The molecule has 3 aliphatic heterocycles. The Hall–Kier alpha value is -0.160. The van der Waals surface area contributed by atoms with Gasteiger partial charge in [0.2, 0.25) is 0 Å². The number of piperidine rings is 2. The van der Waals surface area contributed by atoms with Crippen LogP contribution in [0, 0.1) is 0 Å². The van der Waals surface area contributed by atoms with Crippen LogP contribution in [0.1, 0.15) is 44.9 Å². The van der Waals surface area contributed by atoms with Gasteiger partial charge in [0.1, 0.15) is 0 Å². The van der Waals surface area contributed by atoms with Crippen molar-refractivity contribution in [2.45, 2.75) is 56.6 Å². The lowest BCUT2D eigenvalue weighted by atomic mass is 9.79. The number of hydrogen-bond donors (Lipinski definition) is 2. The van der Waals surface area contributed by atoms with Crippen molar-refractivity contribution in [3.8, 4) is 0 Å². The normalized spacial score (nSPS) is 36.1. The second-order valence-electron chi connectivity index (χ2n) is 6.98. The second-order valence-corrected chi connectivity index (χ2v) is 6.98. The van der Waals surface area contributed by atoms with Crippen molar-refractivity contribution >= 4 is 0 Å². The van der Waals surface area contributed by atoms with Crippen molar-refractivity contribution < 1.29 is 5.11 Å². The molecule has 0 spiro atoms. The van der Waals surface area contributed by atoms with Gasteiger partial charge in [0, 0.05) is 25.7 Å². The maximum absolute atomic E-state index is 11.0. The summed E-state index contributed by atoms with van der Waals surface area (Å²) in [6.07, 6.45) is 8.64. The smallest absolute Gasteiger partial charge is 0.0926 e. The van der Waals surface area contributed by atoms with Crippen molar-refractivity contribution in [3.05, 3.63) is 0 Å². The lowest BCUT2D eigenvalue weighted by Gasteiger charge is -2.49. The van der Waals surface area contributed by atoms with Crippen molar-refractivity contribution in [3.63, 3.8) is 0 Å². The largest absolute Gasteiger partial charge is 0.387 e. The highest BCUT2D eigenvalue weighted by molar-refractivity contribution is 4.99. The highest BCUT2D eigenvalue weighted by Gasteiger charge is 2.43. The van der Waals surface area contributed by atoms with Gasteiger partial charge in [-0.05, 0) is 64.7 Å². The van der Waals surface area contributed by atoms with E-state index in [0.29, 0.717) is 6.04 Å². The Labute approximate surface area is 123 Å². The van der Waals surface area contributed by atoms with E-state index in [1.54, 1.807) is 0 Å².